The summed E-state index contributed by atoms with van der Waals surface area (Å²) in [5, 5.41) is 120. The number of carbonyl (C=O) groups excluding carboxylic acids is 1. The first-order valence-corrected chi connectivity index (χ1v) is 32.7. The van der Waals surface area contributed by atoms with E-state index in [0.29, 0.717) is 12.8 Å². The lowest BCUT2D eigenvalue weighted by Gasteiger charge is -2.48. The lowest BCUT2D eigenvalue weighted by atomic mass is 9.96. The van der Waals surface area contributed by atoms with E-state index in [9.17, 15) is 61.0 Å². The second kappa shape index (κ2) is 47.1. The highest BCUT2D eigenvalue weighted by Crippen LogP contribution is 2.33. The molecule has 3 heterocycles. The first kappa shape index (κ1) is 75.3. The average Bonchev–Trinajstić information content (AvgIpc) is 3.18. The van der Waals surface area contributed by atoms with Crippen molar-refractivity contribution in [3.05, 3.63) is 36.5 Å². The molecule has 3 aliphatic rings. The Balaban J connectivity index is 1.49. The summed E-state index contributed by atoms with van der Waals surface area (Å²) in [5.74, 6) is -0.287. The molecule has 3 saturated heterocycles. The number of ether oxygens (including phenoxy) is 6. The number of carbonyl (C=O) groups is 1. The van der Waals surface area contributed by atoms with E-state index in [1.54, 1.807) is 6.08 Å². The van der Waals surface area contributed by atoms with E-state index < -0.39 is 124 Å². The SMILES string of the molecule is CCCCCCCCCC/C=C/CC/C=C/CC/C=C/C(O)C(COC1OC(CO)C(OC2OC(CO)C(OC3OC(CO)C(O)C(O)C3O)C(O)C2O)C(O)C1O)NC(=O)CCCCCCCCCCCCCCCCCCCCCC. The molecule has 0 aromatic carbocycles. The van der Waals surface area contributed by atoms with Gasteiger partial charge in [0.25, 0.3) is 0 Å². The Morgan fingerprint density at radius 3 is 1.20 bits per heavy atom. The van der Waals surface area contributed by atoms with Gasteiger partial charge in [-0.2, -0.15) is 0 Å². The van der Waals surface area contributed by atoms with Crippen LogP contribution in [-0.4, -0.2) is 193 Å². The third kappa shape index (κ3) is 30.2. The highest BCUT2D eigenvalue weighted by Gasteiger charge is 2.53. The first-order valence-electron chi connectivity index (χ1n) is 32.7. The molecule has 12 N–H and O–H groups in total. The molecule has 0 spiro atoms. The fourth-order valence-corrected chi connectivity index (χ4v) is 11.0. The number of amides is 1. The van der Waals surface area contributed by atoms with Gasteiger partial charge in [0.2, 0.25) is 5.91 Å². The Labute approximate surface area is 498 Å². The predicted molar refractivity (Wildman–Crippen MR) is 319 cm³/mol. The minimum Gasteiger partial charge on any atom is -0.394 e. The van der Waals surface area contributed by atoms with Gasteiger partial charge in [0.05, 0.1) is 38.6 Å². The van der Waals surface area contributed by atoms with Crippen LogP contribution in [0.3, 0.4) is 0 Å². The van der Waals surface area contributed by atoms with Crippen LogP contribution >= 0.6 is 0 Å². The third-order valence-corrected chi connectivity index (χ3v) is 16.4. The Morgan fingerprint density at radius 2 is 0.771 bits per heavy atom. The normalized spacial score (nSPS) is 29.6. The van der Waals surface area contributed by atoms with Crippen molar-refractivity contribution in [3.63, 3.8) is 0 Å². The Morgan fingerprint density at radius 1 is 0.422 bits per heavy atom. The van der Waals surface area contributed by atoms with Gasteiger partial charge >= 0.3 is 0 Å². The molecular formula is C64H117NO18. The summed E-state index contributed by atoms with van der Waals surface area (Å²) in [4.78, 5) is 13.4. The minimum absolute atomic E-state index is 0.236. The molecule has 1 amide bonds. The molecule has 3 aliphatic heterocycles. The molecule has 3 fully saturated rings. The van der Waals surface area contributed by atoms with Crippen molar-refractivity contribution in [1.82, 2.24) is 5.32 Å². The van der Waals surface area contributed by atoms with Gasteiger partial charge in [0.15, 0.2) is 18.9 Å². The maximum Gasteiger partial charge on any atom is 0.220 e. The van der Waals surface area contributed by atoms with Gasteiger partial charge in [-0.1, -0.05) is 217 Å². The Hall–Kier alpha value is -1.99. The Bertz CT molecular complexity index is 1660. The molecule has 19 nitrogen and oxygen atoms in total. The molecule has 0 aliphatic carbocycles. The molecule has 19 heteroatoms. The van der Waals surface area contributed by atoms with Gasteiger partial charge in [0.1, 0.15) is 73.2 Å². The molecular weight excluding hydrogens is 1070 g/mol. The number of unbranched alkanes of at least 4 members (excludes halogenated alkanes) is 29. The summed E-state index contributed by atoms with van der Waals surface area (Å²) in [6, 6.07) is -0.993. The highest BCUT2D eigenvalue weighted by atomic mass is 16.8. The number of hydrogen-bond donors (Lipinski definition) is 12. The van der Waals surface area contributed by atoms with Crippen LogP contribution in [-0.2, 0) is 33.2 Å². The van der Waals surface area contributed by atoms with Crippen molar-refractivity contribution in [2.75, 3.05) is 26.4 Å². The quantitative estimate of drug-likeness (QED) is 0.0211. The van der Waals surface area contributed by atoms with E-state index in [1.807, 2.05) is 6.08 Å². The maximum absolute atomic E-state index is 13.4. The number of aliphatic hydroxyl groups excluding tert-OH is 11. The van der Waals surface area contributed by atoms with Crippen LogP contribution in [0.1, 0.15) is 232 Å². The van der Waals surface area contributed by atoms with Crippen molar-refractivity contribution >= 4 is 5.91 Å². The summed E-state index contributed by atoms with van der Waals surface area (Å²) in [7, 11) is 0. The van der Waals surface area contributed by atoms with Gasteiger partial charge in [-0.25, -0.2) is 0 Å². The van der Waals surface area contributed by atoms with Crippen LogP contribution in [0.4, 0.5) is 0 Å². The van der Waals surface area contributed by atoms with Gasteiger partial charge in [-0.3, -0.25) is 4.79 Å². The van der Waals surface area contributed by atoms with Crippen molar-refractivity contribution < 1.29 is 89.4 Å². The van der Waals surface area contributed by atoms with E-state index in [2.05, 4.69) is 43.5 Å². The number of nitrogens with one attached hydrogen (secondary N) is 1. The zero-order valence-electron chi connectivity index (χ0n) is 50.9. The highest BCUT2D eigenvalue weighted by molar-refractivity contribution is 5.76. The fraction of sp³-hybridized carbons (Fsp3) is 0.891. The van der Waals surface area contributed by atoms with E-state index in [4.69, 9.17) is 28.4 Å². The van der Waals surface area contributed by atoms with Gasteiger partial charge in [-0.05, 0) is 44.9 Å². The summed E-state index contributed by atoms with van der Waals surface area (Å²) < 4.78 is 34.3. The van der Waals surface area contributed by atoms with Crippen molar-refractivity contribution in [3.8, 4) is 0 Å². The second-order valence-corrected chi connectivity index (χ2v) is 23.6. The van der Waals surface area contributed by atoms with Crippen LogP contribution in [0.15, 0.2) is 36.5 Å². The van der Waals surface area contributed by atoms with Crippen molar-refractivity contribution in [2.24, 2.45) is 0 Å². The van der Waals surface area contributed by atoms with Gasteiger partial charge < -0.3 is 89.9 Å². The number of rotatable bonds is 49. The molecule has 0 saturated carbocycles. The number of allylic oxidation sites excluding steroid dienone is 5. The summed E-state index contributed by atoms with van der Waals surface area (Å²) >= 11 is 0. The monoisotopic (exact) mass is 1190 g/mol. The van der Waals surface area contributed by atoms with Crippen LogP contribution in [0, 0.1) is 0 Å². The van der Waals surface area contributed by atoms with E-state index in [1.165, 1.54) is 154 Å². The smallest absolute Gasteiger partial charge is 0.220 e. The topological polar surface area (TPSA) is 307 Å². The van der Waals surface area contributed by atoms with E-state index >= 15 is 0 Å². The van der Waals surface area contributed by atoms with Gasteiger partial charge in [0, 0.05) is 6.42 Å². The van der Waals surface area contributed by atoms with Crippen LogP contribution in [0.2, 0.25) is 0 Å². The molecule has 486 valence electrons. The zero-order chi connectivity index (χ0) is 60.5. The number of aliphatic hydroxyl groups is 11. The molecule has 83 heavy (non-hydrogen) atoms. The molecule has 3 rings (SSSR count). The van der Waals surface area contributed by atoms with Crippen LogP contribution in [0.5, 0.6) is 0 Å². The van der Waals surface area contributed by atoms with Gasteiger partial charge in [-0.15, -0.1) is 0 Å². The maximum atomic E-state index is 13.4. The molecule has 17 atom stereocenters. The lowest BCUT2D eigenvalue weighted by molar-refractivity contribution is -0.379. The van der Waals surface area contributed by atoms with Crippen LogP contribution < -0.4 is 5.32 Å². The fourth-order valence-electron chi connectivity index (χ4n) is 11.0. The average molecular weight is 1190 g/mol. The summed E-state index contributed by atoms with van der Waals surface area (Å²) in [6.07, 6.45) is 25.5. The second-order valence-electron chi connectivity index (χ2n) is 23.6. The molecule has 0 aromatic heterocycles. The summed E-state index contributed by atoms with van der Waals surface area (Å²) in [5.41, 5.74) is 0. The number of hydrogen-bond acceptors (Lipinski definition) is 18. The lowest BCUT2D eigenvalue weighted by Crippen LogP contribution is -2.66. The third-order valence-electron chi connectivity index (χ3n) is 16.4. The van der Waals surface area contributed by atoms with E-state index in [0.717, 1.165) is 44.9 Å². The largest absolute Gasteiger partial charge is 0.394 e. The van der Waals surface area contributed by atoms with E-state index in [-0.39, 0.29) is 18.9 Å². The molecule has 17 unspecified atom stereocenters. The predicted octanol–water partition coefficient (Wildman–Crippen LogP) is 7.27. The zero-order valence-corrected chi connectivity index (χ0v) is 50.9. The summed E-state index contributed by atoms with van der Waals surface area (Å²) in [6.45, 7) is 1.71. The minimum atomic E-state index is -1.98. The standard InChI is InChI=1S/C64H117NO18/c1-3-5-7-9-11-13-15-17-19-21-23-24-26-28-30-32-34-36-38-40-42-52(70)65-47(48(69)41-39-37-35-33-31-29-27-25-22-20-18-16-14-12-10-8-6-4-2)46-78-62-58(76)55(73)60(50(44-67)80-62)83-64-59(77)56(74)61(51(45-68)81-64)82-63-57(75)54(72)53(71)49(43-66)79-63/h22,25,31,33,39,41,47-51,53-64,66-69,71-77H,3-21,23-24,26-30,32,34-38,40,42-46H2,1-2H3,(H,65,70)/b25-22+,33-31+,41-39+. The first-order chi connectivity index (χ1) is 40.3. The molecule has 0 radical (unpaired) electrons. The molecule has 0 bridgehead atoms. The van der Waals surface area contributed by atoms with Crippen molar-refractivity contribution in [1.29, 1.82) is 0 Å². The molecule has 0 aromatic rings. The Kier molecular flexibility index (Phi) is 42.7. The van der Waals surface area contributed by atoms with Crippen LogP contribution in [0.25, 0.3) is 0 Å². The van der Waals surface area contributed by atoms with Crippen molar-refractivity contribution in [2.45, 2.75) is 336 Å².